The van der Waals surface area contributed by atoms with Crippen LogP contribution in [0.2, 0.25) is 0 Å². The Balaban J connectivity index is 5.97. The van der Waals surface area contributed by atoms with Crippen molar-refractivity contribution in [3.05, 3.63) is 0 Å². The van der Waals surface area contributed by atoms with Crippen molar-refractivity contribution in [1.82, 2.24) is 0 Å². The maximum absolute atomic E-state index is 12.3. The van der Waals surface area contributed by atoms with Crippen molar-refractivity contribution in [2.75, 3.05) is 0 Å². The van der Waals surface area contributed by atoms with Gasteiger partial charge in [0.1, 0.15) is 0 Å². The van der Waals surface area contributed by atoms with Gasteiger partial charge in [-0.25, -0.2) is 16.8 Å². The molecule has 0 aliphatic carbocycles. The summed E-state index contributed by atoms with van der Waals surface area (Å²) in [5.41, 5.74) is -12.4. The molecule has 0 aromatic heterocycles. The molecule has 0 heterocycles. The highest BCUT2D eigenvalue weighted by Gasteiger charge is 2.62. The molecule has 0 aliphatic heterocycles. The smallest absolute Gasteiger partial charge is 0.393 e. The largest absolute Gasteiger partial charge is 0.498 e. The Bertz CT molecular complexity index is 503. The summed E-state index contributed by atoms with van der Waals surface area (Å²) in [6.07, 6.45) is -3.89. The fourth-order valence-corrected chi connectivity index (χ4v) is 4.93. The highest BCUT2D eigenvalue weighted by atomic mass is 32.3. The van der Waals surface area contributed by atoms with E-state index in [1.54, 1.807) is 0 Å². The van der Waals surface area contributed by atoms with Crippen LogP contribution in [0.1, 0.15) is 26.2 Å². The standard InChI is InChI=1S/C8H12F6O5S2/c1-2-3-5(15)4-6(20(16,17)7(9,10)11)21(18,19)8(12,13)14/h5-6,15H,2-4H2,1H3. The molecule has 0 radical (unpaired) electrons. The van der Waals surface area contributed by atoms with Crippen molar-refractivity contribution in [3.63, 3.8) is 0 Å². The maximum atomic E-state index is 12.3. The van der Waals surface area contributed by atoms with E-state index in [1.165, 1.54) is 6.92 Å². The monoisotopic (exact) mass is 366 g/mol. The minimum absolute atomic E-state index is 0.103. The van der Waals surface area contributed by atoms with E-state index in [0.717, 1.165) is 0 Å². The molecule has 0 aromatic carbocycles. The summed E-state index contributed by atoms with van der Waals surface area (Å²) >= 11 is 0. The second-order valence-corrected chi connectivity index (χ2v) is 8.63. The predicted molar refractivity (Wildman–Crippen MR) is 59.3 cm³/mol. The molecule has 1 N–H and O–H groups in total. The average molecular weight is 366 g/mol. The summed E-state index contributed by atoms with van der Waals surface area (Å²) in [7, 11) is -13.3. The van der Waals surface area contributed by atoms with Crippen molar-refractivity contribution in [1.29, 1.82) is 0 Å². The third kappa shape index (κ3) is 4.45. The molecule has 0 aliphatic rings. The van der Waals surface area contributed by atoms with Gasteiger partial charge in [0.15, 0.2) is 4.58 Å². The van der Waals surface area contributed by atoms with Gasteiger partial charge in [0.2, 0.25) is 0 Å². The molecule has 5 nitrogen and oxygen atoms in total. The lowest BCUT2D eigenvalue weighted by Gasteiger charge is -2.22. The van der Waals surface area contributed by atoms with Crippen LogP contribution in [-0.4, -0.2) is 43.6 Å². The molecule has 13 heteroatoms. The molecule has 0 rings (SSSR count). The van der Waals surface area contributed by atoms with Gasteiger partial charge < -0.3 is 5.11 Å². The van der Waals surface area contributed by atoms with E-state index >= 15 is 0 Å². The normalized spacial score (nSPS) is 16.2. The molecule has 0 aromatic rings. The van der Waals surface area contributed by atoms with Gasteiger partial charge in [-0.05, 0) is 6.42 Å². The molecule has 0 fully saturated rings. The lowest BCUT2D eigenvalue weighted by molar-refractivity contribution is -0.0476. The van der Waals surface area contributed by atoms with Crippen LogP contribution in [-0.2, 0) is 19.7 Å². The van der Waals surface area contributed by atoms with Crippen LogP contribution in [0.15, 0.2) is 0 Å². The van der Waals surface area contributed by atoms with Gasteiger partial charge in [-0.15, -0.1) is 0 Å². The number of aliphatic hydroxyl groups is 1. The Morgan fingerprint density at radius 3 is 1.48 bits per heavy atom. The van der Waals surface area contributed by atoms with Crippen LogP contribution >= 0.6 is 0 Å². The predicted octanol–water partition coefficient (Wildman–Crippen LogP) is 1.73. The topological polar surface area (TPSA) is 88.5 Å². The zero-order chi connectivity index (χ0) is 17.3. The number of hydrogen-bond donors (Lipinski definition) is 1. The molecular weight excluding hydrogens is 354 g/mol. The maximum Gasteiger partial charge on any atom is 0.498 e. The summed E-state index contributed by atoms with van der Waals surface area (Å²) in [6, 6.07) is 0. The van der Waals surface area contributed by atoms with Crippen LogP contribution in [0.25, 0.3) is 0 Å². The first-order chi connectivity index (χ1) is 9.09. The van der Waals surface area contributed by atoms with E-state index in [1.807, 2.05) is 0 Å². The summed E-state index contributed by atoms with van der Waals surface area (Å²) in [5.74, 6) is 0. The Morgan fingerprint density at radius 1 is 0.905 bits per heavy atom. The van der Waals surface area contributed by atoms with E-state index in [2.05, 4.69) is 0 Å². The lowest BCUT2D eigenvalue weighted by atomic mass is 10.2. The van der Waals surface area contributed by atoms with Crippen molar-refractivity contribution in [3.8, 4) is 0 Å². The fourth-order valence-electron chi connectivity index (χ4n) is 1.39. The molecule has 0 amide bonds. The summed E-state index contributed by atoms with van der Waals surface area (Å²) < 4.78 is 114. The lowest BCUT2D eigenvalue weighted by Crippen LogP contribution is -2.46. The van der Waals surface area contributed by atoms with Gasteiger partial charge in [-0.1, -0.05) is 13.3 Å². The van der Waals surface area contributed by atoms with Gasteiger partial charge in [0, 0.05) is 6.42 Å². The molecule has 21 heavy (non-hydrogen) atoms. The zero-order valence-electron chi connectivity index (χ0n) is 10.4. The van der Waals surface area contributed by atoms with Crippen molar-refractivity contribution >= 4 is 19.7 Å². The van der Waals surface area contributed by atoms with Gasteiger partial charge in [-0.3, -0.25) is 0 Å². The Hall–Kier alpha value is -0.560. The van der Waals surface area contributed by atoms with E-state index in [9.17, 15) is 48.3 Å². The van der Waals surface area contributed by atoms with E-state index in [-0.39, 0.29) is 12.8 Å². The van der Waals surface area contributed by atoms with Gasteiger partial charge >= 0.3 is 11.0 Å². The molecule has 128 valence electrons. The number of aliphatic hydroxyl groups excluding tert-OH is 1. The molecule has 0 saturated carbocycles. The number of alkyl halides is 6. The first kappa shape index (κ1) is 20.4. The van der Waals surface area contributed by atoms with Crippen molar-refractivity contribution in [2.24, 2.45) is 0 Å². The number of rotatable bonds is 6. The van der Waals surface area contributed by atoms with Gasteiger partial charge in [-0.2, -0.15) is 26.3 Å². The Morgan fingerprint density at radius 2 is 1.24 bits per heavy atom. The molecule has 0 saturated heterocycles. The highest BCUT2D eigenvalue weighted by Crippen LogP contribution is 2.38. The molecule has 1 unspecified atom stereocenters. The number of halogens is 6. The van der Waals surface area contributed by atoms with Crippen LogP contribution in [0, 0.1) is 0 Å². The van der Waals surface area contributed by atoms with Crippen molar-refractivity contribution < 1.29 is 48.3 Å². The van der Waals surface area contributed by atoms with E-state index in [0.29, 0.717) is 0 Å². The fraction of sp³-hybridized carbons (Fsp3) is 1.00. The second-order valence-electron chi connectivity index (χ2n) is 4.09. The third-order valence-electron chi connectivity index (χ3n) is 2.42. The number of hydrogen-bond acceptors (Lipinski definition) is 5. The minimum Gasteiger partial charge on any atom is -0.393 e. The summed E-state index contributed by atoms with van der Waals surface area (Å²) in [4.78, 5) is 0. The minimum atomic E-state index is -6.66. The third-order valence-corrected chi connectivity index (χ3v) is 7.00. The molecule has 0 bridgehead atoms. The SMILES string of the molecule is CCCC(O)CC(S(=O)(=O)C(F)(F)F)S(=O)(=O)C(F)(F)F. The number of sulfone groups is 2. The summed E-state index contributed by atoms with van der Waals surface area (Å²) in [6.45, 7) is 1.41. The van der Waals surface area contributed by atoms with Crippen LogP contribution in [0.5, 0.6) is 0 Å². The zero-order valence-corrected chi connectivity index (χ0v) is 12.1. The van der Waals surface area contributed by atoms with Gasteiger partial charge in [0.05, 0.1) is 6.10 Å². The van der Waals surface area contributed by atoms with Crippen LogP contribution in [0.3, 0.4) is 0 Å². The molecular formula is C8H12F6O5S2. The van der Waals surface area contributed by atoms with E-state index < -0.39 is 47.8 Å². The Kier molecular flexibility index (Phi) is 6.11. The molecule has 1 atom stereocenters. The van der Waals surface area contributed by atoms with Gasteiger partial charge in [0.25, 0.3) is 19.7 Å². The summed E-state index contributed by atoms with van der Waals surface area (Å²) in [5, 5.41) is 9.21. The van der Waals surface area contributed by atoms with Crippen molar-refractivity contribution in [2.45, 2.75) is 47.9 Å². The van der Waals surface area contributed by atoms with E-state index in [4.69, 9.17) is 0 Å². The highest BCUT2D eigenvalue weighted by molar-refractivity contribution is 8.09. The first-order valence-corrected chi connectivity index (χ1v) is 8.46. The van der Waals surface area contributed by atoms with Crippen LogP contribution < -0.4 is 0 Å². The van der Waals surface area contributed by atoms with Crippen LogP contribution in [0.4, 0.5) is 26.3 Å². The second kappa shape index (κ2) is 6.28. The first-order valence-electron chi connectivity index (χ1n) is 5.37. The Labute approximate surface area is 116 Å². The molecule has 0 spiro atoms. The quantitative estimate of drug-likeness (QED) is 0.724. The average Bonchev–Trinajstić information content (AvgIpc) is 2.22.